The summed E-state index contributed by atoms with van der Waals surface area (Å²) in [5.74, 6) is -0.275. The lowest BCUT2D eigenvalue weighted by atomic mass is 10.1. The molecule has 0 saturated carbocycles. The lowest BCUT2D eigenvalue weighted by molar-refractivity contribution is -0.604. The molecule has 0 aliphatic heterocycles. The highest BCUT2D eigenvalue weighted by Crippen LogP contribution is 2.06. The van der Waals surface area contributed by atoms with Crippen molar-refractivity contribution in [3.8, 4) is 0 Å². The number of benzene rings is 1. The van der Waals surface area contributed by atoms with Gasteiger partial charge >= 0.3 is 0 Å². The Bertz CT molecular complexity index is 531. The van der Waals surface area contributed by atoms with Gasteiger partial charge in [-0.05, 0) is 17.7 Å². The zero-order chi connectivity index (χ0) is 12.3. The number of rotatable bonds is 3. The van der Waals surface area contributed by atoms with Crippen LogP contribution in [0.2, 0.25) is 0 Å². The number of hydrogen-bond acceptors (Lipinski definition) is 2. The summed E-state index contributed by atoms with van der Waals surface area (Å²) >= 11 is 0. The molecule has 2 aromatic rings. The Morgan fingerprint density at radius 2 is 2.12 bits per heavy atom. The van der Waals surface area contributed by atoms with E-state index in [-0.39, 0.29) is 5.82 Å². The number of aliphatic imine (C=N–C) groups is 1. The molecule has 0 N–H and O–H groups in total. The molecule has 0 spiro atoms. The van der Waals surface area contributed by atoms with Crippen LogP contribution in [0.15, 0.2) is 48.0 Å². The smallest absolute Gasteiger partial charge is 0.247 e. The molecule has 2 rings (SSSR count). The molecule has 0 aliphatic carbocycles. The predicted octanol–water partition coefficient (Wildman–Crippen LogP) is 1.38. The summed E-state index contributed by atoms with van der Waals surface area (Å²) in [5.41, 5.74) is 1.64. The minimum Gasteiger partial charge on any atom is -0.711 e. The van der Waals surface area contributed by atoms with Crippen molar-refractivity contribution < 1.29 is 9.12 Å². The molecule has 0 amide bonds. The van der Waals surface area contributed by atoms with Gasteiger partial charge in [0, 0.05) is 7.05 Å². The minimum absolute atomic E-state index is 0.275. The molecule has 4 nitrogen and oxygen atoms in total. The summed E-state index contributed by atoms with van der Waals surface area (Å²) in [6.07, 6.45) is 4.51. The molecule has 0 unspecified atom stereocenters. The van der Waals surface area contributed by atoms with Crippen molar-refractivity contribution in [3.05, 3.63) is 59.6 Å². The topological polar surface area (TPSA) is 44.2 Å². The molecular formula is C12H12FN3O. The fourth-order valence-corrected chi connectivity index (χ4v) is 1.57. The molecule has 0 aliphatic rings. The van der Waals surface area contributed by atoms with Crippen molar-refractivity contribution in [2.24, 2.45) is 4.99 Å². The van der Waals surface area contributed by atoms with Crippen molar-refractivity contribution in [3.63, 3.8) is 0 Å². The zero-order valence-corrected chi connectivity index (χ0v) is 9.38. The normalized spacial score (nSPS) is 11.8. The maximum absolute atomic E-state index is 12.8. The Morgan fingerprint density at radius 3 is 2.65 bits per heavy atom. The Labute approximate surface area is 98.2 Å². The van der Waals surface area contributed by atoms with Crippen LogP contribution in [0, 0.1) is 11.0 Å². The molecule has 5 heteroatoms. The SMILES string of the molecule is CN=C(Cn1cc[n+]([O-])c1)c1ccc(F)cc1. The van der Waals surface area contributed by atoms with E-state index in [1.807, 2.05) is 0 Å². The highest BCUT2D eigenvalue weighted by molar-refractivity contribution is 6.00. The summed E-state index contributed by atoms with van der Waals surface area (Å²) < 4.78 is 15.2. The summed E-state index contributed by atoms with van der Waals surface area (Å²) in [7, 11) is 1.67. The van der Waals surface area contributed by atoms with Crippen LogP contribution in [0.3, 0.4) is 0 Å². The van der Waals surface area contributed by atoms with Crippen LogP contribution in [0.5, 0.6) is 0 Å². The minimum atomic E-state index is -0.275. The second-order valence-corrected chi connectivity index (χ2v) is 3.62. The van der Waals surface area contributed by atoms with E-state index in [0.717, 1.165) is 16.0 Å². The first-order valence-electron chi connectivity index (χ1n) is 5.15. The third-order valence-corrected chi connectivity index (χ3v) is 2.45. The van der Waals surface area contributed by atoms with Crippen molar-refractivity contribution in [2.45, 2.75) is 6.54 Å². The average molecular weight is 233 g/mol. The van der Waals surface area contributed by atoms with Gasteiger partial charge in [0.05, 0.1) is 5.71 Å². The highest BCUT2D eigenvalue weighted by Gasteiger charge is 2.07. The van der Waals surface area contributed by atoms with Crippen LogP contribution >= 0.6 is 0 Å². The fraction of sp³-hybridized carbons (Fsp3) is 0.167. The Balaban J connectivity index is 2.20. The third kappa shape index (κ3) is 2.69. The quantitative estimate of drug-likeness (QED) is 0.448. The molecule has 1 heterocycles. The number of hydrogen-bond donors (Lipinski definition) is 0. The van der Waals surface area contributed by atoms with Gasteiger partial charge in [0.15, 0.2) is 0 Å². The van der Waals surface area contributed by atoms with Crippen LogP contribution in [-0.4, -0.2) is 17.3 Å². The van der Waals surface area contributed by atoms with E-state index in [1.54, 1.807) is 29.9 Å². The van der Waals surface area contributed by atoms with E-state index in [4.69, 9.17) is 0 Å². The standard InChI is InChI=1S/C12H12FN3O/c1-14-12(8-15-6-7-16(17)9-15)10-2-4-11(13)5-3-10/h2-7,9H,8H2,1H3. The number of imidazole rings is 1. The number of halogens is 1. The van der Waals surface area contributed by atoms with Gasteiger partial charge in [0.25, 0.3) is 0 Å². The van der Waals surface area contributed by atoms with Gasteiger partial charge in [-0.1, -0.05) is 12.1 Å². The maximum atomic E-state index is 12.8. The molecule has 17 heavy (non-hydrogen) atoms. The Morgan fingerprint density at radius 1 is 1.41 bits per heavy atom. The summed E-state index contributed by atoms with van der Waals surface area (Å²) in [4.78, 5) is 4.15. The maximum Gasteiger partial charge on any atom is 0.247 e. The summed E-state index contributed by atoms with van der Waals surface area (Å²) in [6, 6.07) is 6.13. The van der Waals surface area contributed by atoms with Crippen LogP contribution in [0.1, 0.15) is 5.56 Å². The van der Waals surface area contributed by atoms with Crippen LogP contribution in [-0.2, 0) is 6.54 Å². The first-order chi connectivity index (χ1) is 8.19. The molecule has 0 saturated heterocycles. The van der Waals surface area contributed by atoms with E-state index in [2.05, 4.69) is 4.99 Å². The predicted molar refractivity (Wildman–Crippen MR) is 62.3 cm³/mol. The monoisotopic (exact) mass is 233 g/mol. The van der Waals surface area contributed by atoms with Gasteiger partial charge in [0.1, 0.15) is 24.8 Å². The lowest BCUT2D eigenvalue weighted by Crippen LogP contribution is -2.22. The van der Waals surface area contributed by atoms with Crippen molar-refractivity contribution in [1.82, 2.24) is 4.57 Å². The van der Waals surface area contributed by atoms with E-state index in [9.17, 15) is 9.60 Å². The molecule has 0 bridgehead atoms. The van der Waals surface area contributed by atoms with Crippen molar-refractivity contribution >= 4 is 5.71 Å². The van der Waals surface area contributed by atoms with Crippen LogP contribution in [0.25, 0.3) is 0 Å². The molecule has 0 radical (unpaired) electrons. The first kappa shape index (κ1) is 11.3. The van der Waals surface area contributed by atoms with E-state index < -0.39 is 0 Å². The van der Waals surface area contributed by atoms with Crippen LogP contribution < -0.4 is 4.73 Å². The second-order valence-electron chi connectivity index (χ2n) is 3.62. The second kappa shape index (κ2) is 4.78. The third-order valence-electron chi connectivity index (χ3n) is 2.45. The van der Waals surface area contributed by atoms with Gasteiger partial charge in [0.2, 0.25) is 6.33 Å². The summed E-state index contributed by atoms with van der Waals surface area (Å²) in [6.45, 7) is 0.484. The average Bonchev–Trinajstić information content (AvgIpc) is 2.73. The molecule has 1 aromatic carbocycles. The van der Waals surface area contributed by atoms with Crippen molar-refractivity contribution in [1.29, 1.82) is 0 Å². The van der Waals surface area contributed by atoms with Gasteiger partial charge < -0.3 is 5.21 Å². The van der Waals surface area contributed by atoms with Gasteiger partial charge in [-0.3, -0.25) is 4.99 Å². The molecule has 1 aromatic heterocycles. The number of nitrogens with zero attached hydrogens (tertiary/aromatic N) is 3. The molecule has 0 atom stereocenters. The Kier molecular flexibility index (Phi) is 3.18. The number of aromatic nitrogens is 2. The Hall–Kier alpha value is -2.17. The lowest BCUT2D eigenvalue weighted by Gasteiger charge is -2.03. The van der Waals surface area contributed by atoms with Crippen molar-refractivity contribution in [2.75, 3.05) is 7.05 Å². The van der Waals surface area contributed by atoms with E-state index >= 15 is 0 Å². The highest BCUT2D eigenvalue weighted by atomic mass is 19.1. The van der Waals surface area contributed by atoms with E-state index in [1.165, 1.54) is 24.7 Å². The van der Waals surface area contributed by atoms with Gasteiger partial charge in [-0.15, -0.1) is 0 Å². The molecular weight excluding hydrogens is 221 g/mol. The molecule has 88 valence electrons. The molecule has 0 fully saturated rings. The fourth-order valence-electron chi connectivity index (χ4n) is 1.57. The first-order valence-corrected chi connectivity index (χ1v) is 5.15. The van der Waals surface area contributed by atoms with Crippen LogP contribution in [0.4, 0.5) is 4.39 Å². The largest absolute Gasteiger partial charge is 0.711 e. The zero-order valence-electron chi connectivity index (χ0n) is 9.38. The van der Waals surface area contributed by atoms with E-state index in [0.29, 0.717) is 6.54 Å². The summed E-state index contributed by atoms with van der Waals surface area (Å²) in [5, 5.41) is 10.9. The van der Waals surface area contributed by atoms with Gasteiger partial charge in [-0.2, -0.15) is 0 Å². The van der Waals surface area contributed by atoms with Gasteiger partial charge in [-0.25, -0.2) is 13.7 Å².